The molecule has 0 rings (SSSR count). The predicted octanol–water partition coefficient (Wildman–Crippen LogP) is -0.297. The monoisotopic (exact) mass is 188 g/mol. The van der Waals surface area contributed by atoms with Gasteiger partial charge in [-0.05, 0) is 20.8 Å². The number of hydrogen-bond acceptors (Lipinski definition) is 3. The van der Waals surface area contributed by atoms with Crippen molar-refractivity contribution < 1.29 is 14.7 Å². The van der Waals surface area contributed by atoms with Crippen LogP contribution in [0.2, 0.25) is 0 Å². The Morgan fingerprint density at radius 3 is 2.23 bits per heavy atom. The smallest absolute Gasteiger partial charge is 0.321 e. The van der Waals surface area contributed by atoms with Gasteiger partial charge in [0.05, 0.1) is 6.42 Å². The predicted molar refractivity (Wildman–Crippen MR) is 48.1 cm³/mol. The highest BCUT2D eigenvalue weighted by molar-refractivity contribution is 5.84. The van der Waals surface area contributed by atoms with E-state index in [-0.39, 0.29) is 17.9 Å². The van der Waals surface area contributed by atoms with Crippen molar-refractivity contribution in [3.05, 3.63) is 0 Å². The van der Waals surface area contributed by atoms with Crippen molar-refractivity contribution >= 4 is 11.9 Å². The molecule has 0 aliphatic heterocycles. The number of carboxylic acids is 1. The van der Waals surface area contributed by atoms with Crippen LogP contribution in [-0.2, 0) is 9.59 Å². The average Bonchev–Trinajstić information content (AvgIpc) is 1.81. The summed E-state index contributed by atoms with van der Waals surface area (Å²) in [4.78, 5) is 21.4. The van der Waals surface area contributed by atoms with Crippen LogP contribution < -0.4 is 11.1 Å². The van der Waals surface area contributed by atoms with Crippen molar-refractivity contribution in [3.63, 3.8) is 0 Å². The molecule has 5 nitrogen and oxygen atoms in total. The minimum absolute atomic E-state index is 0.188. The Hall–Kier alpha value is -1.10. The molecule has 0 aliphatic carbocycles. The second kappa shape index (κ2) is 4.23. The van der Waals surface area contributed by atoms with Crippen molar-refractivity contribution in [2.45, 2.75) is 38.8 Å². The Morgan fingerprint density at radius 2 is 1.92 bits per heavy atom. The van der Waals surface area contributed by atoms with Crippen LogP contribution in [-0.4, -0.2) is 28.6 Å². The van der Waals surface area contributed by atoms with Crippen LogP contribution in [0.25, 0.3) is 0 Å². The second-order valence-electron chi connectivity index (χ2n) is 3.95. The molecule has 0 aromatic heterocycles. The van der Waals surface area contributed by atoms with Crippen molar-refractivity contribution in [3.8, 4) is 0 Å². The molecular formula is C8H16N2O3. The molecule has 0 spiro atoms. The Bertz CT molecular complexity index is 208. The highest BCUT2D eigenvalue weighted by Crippen LogP contribution is 2.00. The molecule has 1 amide bonds. The molecule has 0 saturated carbocycles. The summed E-state index contributed by atoms with van der Waals surface area (Å²) in [6.45, 7) is 5.45. The zero-order chi connectivity index (χ0) is 10.6. The maximum Gasteiger partial charge on any atom is 0.321 e. The maximum absolute atomic E-state index is 11.1. The molecule has 1 atom stereocenters. The van der Waals surface area contributed by atoms with E-state index in [1.165, 1.54) is 0 Å². The number of carbonyl (C=O) groups is 2. The Morgan fingerprint density at radius 1 is 1.46 bits per heavy atom. The molecule has 0 aliphatic rings. The first-order valence-electron chi connectivity index (χ1n) is 4.02. The fraction of sp³-hybridized carbons (Fsp3) is 0.750. The molecule has 0 radical (unpaired) electrons. The van der Waals surface area contributed by atoms with Crippen LogP contribution in [0, 0.1) is 0 Å². The molecular weight excluding hydrogens is 172 g/mol. The third-order valence-corrected chi connectivity index (χ3v) is 1.24. The van der Waals surface area contributed by atoms with Crippen molar-refractivity contribution in [1.29, 1.82) is 0 Å². The second-order valence-corrected chi connectivity index (χ2v) is 3.95. The van der Waals surface area contributed by atoms with Crippen molar-refractivity contribution in [1.82, 2.24) is 5.32 Å². The summed E-state index contributed by atoms with van der Waals surface area (Å²) in [5.41, 5.74) is 4.82. The van der Waals surface area contributed by atoms with Crippen LogP contribution in [0.15, 0.2) is 0 Å². The van der Waals surface area contributed by atoms with Crippen LogP contribution in [0.1, 0.15) is 27.2 Å². The largest absolute Gasteiger partial charge is 0.480 e. The summed E-state index contributed by atoms with van der Waals surface area (Å²) in [5.74, 6) is -1.51. The van der Waals surface area contributed by atoms with E-state index in [2.05, 4.69) is 5.32 Å². The molecule has 4 N–H and O–H groups in total. The normalized spacial score (nSPS) is 13.5. The fourth-order valence-electron chi connectivity index (χ4n) is 0.756. The topological polar surface area (TPSA) is 92.4 Å². The van der Waals surface area contributed by atoms with E-state index < -0.39 is 12.0 Å². The van der Waals surface area contributed by atoms with E-state index in [0.29, 0.717) is 0 Å². The van der Waals surface area contributed by atoms with Gasteiger partial charge in [-0.15, -0.1) is 0 Å². The van der Waals surface area contributed by atoms with E-state index in [0.717, 1.165) is 0 Å². The van der Waals surface area contributed by atoms with Gasteiger partial charge in [-0.1, -0.05) is 0 Å². The number of nitrogens with one attached hydrogen (secondary N) is 1. The van der Waals surface area contributed by atoms with Gasteiger partial charge in [0, 0.05) is 5.54 Å². The van der Waals surface area contributed by atoms with Gasteiger partial charge in [0.2, 0.25) is 5.91 Å². The molecule has 0 saturated heterocycles. The van der Waals surface area contributed by atoms with Gasteiger partial charge in [0.15, 0.2) is 0 Å². The summed E-state index contributed by atoms with van der Waals surface area (Å²) in [6, 6.07) is -1.12. The number of carbonyl (C=O) groups excluding carboxylic acids is 1. The number of aliphatic carboxylic acids is 1. The Balaban J connectivity index is 3.96. The van der Waals surface area contributed by atoms with Gasteiger partial charge in [-0.3, -0.25) is 9.59 Å². The molecule has 0 unspecified atom stereocenters. The highest BCUT2D eigenvalue weighted by atomic mass is 16.4. The van der Waals surface area contributed by atoms with E-state index in [1.54, 1.807) is 0 Å². The summed E-state index contributed by atoms with van der Waals surface area (Å²) in [6.07, 6.45) is -0.188. The van der Waals surface area contributed by atoms with Crippen molar-refractivity contribution in [2.75, 3.05) is 0 Å². The van der Waals surface area contributed by atoms with Crippen LogP contribution in [0.3, 0.4) is 0 Å². The van der Waals surface area contributed by atoms with Gasteiger partial charge in [-0.2, -0.15) is 0 Å². The summed E-state index contributed by atoms with van der Waals surface area (Å²) >= 11 is 0. The van der Waals surface area contributed by atoms with Crippen LogP contribution >= 0.6 is 0 Å². The van der Waals surface area contributed by atoms with E-state index in [1.807, 2.05) is 20.8 Å². The first-order valence-corrected chi connectivity index (χ1v) is 4.02. The summed E-state index contributed by atoms with van der Waals surface area (Å²) in [5, 5.41) is 11.0. The Labute approximate surface area is 77.3 Å². The number of carboxylic acid groups (broad SMARTS) is 1. The molecule has 0 bridgehead atoms. The lowest BCUT2D eigenvalue weighted by atomic mass is 10.1. The lowest BCUT2D eigenvalue weighted by Gasteiger charge is -2.20. The third kappa shape index (κ3) is 6.10. The van der Waals surface area contributed by atoms with Gasteiger partial charge in [-0.25, -0.2) is 0 Å². The Kier molecular flexibility index (Phi) is 3.87. The lowest BCUT2D eigenvalue weighted by molar-refractivity contribution is -0.140. The van der Waals surface area contributed by atoms with Gasteiger partial charge >= 0.3 is 5.97 Å². The minimum Gasteiger partial charge on any atom is -0.480 e. The van der Waals surface area contributed by atoms with E-state index >= 15 is 0 Å². The number of rotatable bonds is 3. The fourth-order valence-corrected chi connectivity index (χ4v) is 0.756. The molecule has 5 heteroatoms. The summed E-state index contributed by atoms with van der Waals surface area (Å²) in [7, 11) is 0. The highest BCUT2D eigenvalue weighted by Gasteiger charge is 2.19. The summed E-state index contributed by atoms with van der Waals surface area (Å²) < 4.78 is 0. The maximum atomic E-state index is 11.1. The quantitative estimate of drug-likeness (QED) is 0.567. The first-order chi connectivity index (χ1) is 5.72. The molecule has 76 valence electrons. The average molecular weight is 188 g/mol. The molecule has 0 aromatic carbocycles. The molecule has 13 heavy (non-hydrogen) atoms. The van der Waals surface area contributed by atoms with Crippen LogP contribution in [0.4, 0.5) is 0 Å². The molecule has 0 fully saturated rings. The van der Waals surface area contributed by atoms with Crippen LogP contribution in [0.5, 0.6) is 0 Å². The number of amides is 1. The van der Waals surface area contributed by atoms with E-state index in [9.17, 15) is 9.59 Å². The van der Waals surface area contributed by atoms with Gasteiger partial charge in [0.25, 0.3) is 0 Å². The van der Waals surface area contributed by atoms with Crippen molar-refractivity contribution in [2.24, 2.45) is 5.73 Å². The number of hydrogen-bond donors (Lipinski definition) is 3. The third-order valence-electron chi connectivity index (χ3n) is 1.24. The lowest BCUT2D eigenvalue weighted by Crippen LogP contribution is -2.44. The molecule has 0 aromatic rings. The van der Waals surface area contributed by atoms with Gasteiger partial charge < -0.3 is 16.2 Å². The SMILES string of the molecule is CC(C)(C)NC(=O)C[C@H](N)C(=O)O. The zero-order valence-corrected chi connectivity index (χ0v) is 8.13. The minimum atomic E-state index is -1.16. The zero-order valence-electron chi connectivity index (χ0n) is 8.13. The van der Waals surface area contributed by atoms with E-state index in [4.69, 9.17) is 10.8 Å². The number of nitrogens with two attached hydrogens (primary N) is 1. The molecule has 0 heterocycles. The standard InChI is InChI=1S/C8H16N2O3/c1-8(2,3)10-6(11)4-5(9)7(12)13/h5H,4,9H2,1-3H3,(H,10,11)(H,12,13)/t5-/m0/s1. The van der Waals surface area contributed by atoms with Gasteiger partial charge in [0.1, 0.15) is 6.04 Å². The first kappa shape index (κ1) is 11.9.